The fourth-order valence-electron chi connectivity index (χ4n) is 2.65. The van der Waals surface area contributed by atoms with Gasteiger partial charge in [-0.25, -0.2) is 0 Å². The Balaban J connectivity index is 2.33. The molecule has 0 bridgehead atoms. The van der Waals surface area contributed by atoms with Crippen molar-refractivity contribution in [3.05, 3.63) is 78.4 Å². The van der Waals surface area contributed by atoms with Crippen molar-refractivity contribution in [2.75, 3.05) is 0 Å². The Labute approximate surface area is 127 Å². The van der Waals surface area contributed by atoms with Crippen molar-refractivity contribution in [3.8, 4) is 28.0 Å². The molecule has 3 aromatic rings. The topological polar surface area (TPSA) is 9.23 Å². The zero-order valence-corrected chi connectivity index (χ0v) is 13.1. The molecular formula is C19H17OP. The Hall–Kier alpha value is -2.11. The van der Waals surface area contributed by atoms with E-state index in [0.717, 1.165) is 16.9 Å². The van der Waals surface area contributed by atoms with E-state index in [1.54, 1.807) is 0 Å². The molecule has 0 saturated heterocycles. The van der Waals surface area contributed by atoms with Crippen molar-refractivity contribution in [2.45, 2.75) is 6.92 Å². The molecule has 0 amide bonds. The number of hydrogen-bond donors (Lipinski definition) is 0. The SMILES string of the molecule is Cc1ccc(OP)c(-c2ccccc2)c1-c1ccccc1. The van der Waals surface area contributed by atoms with Crippen LogP contribution in [-0.4, -0.2) is 0 Å². The minimum atomic E-state index is 0.871. The Morgan fingerprint density at radius 1 is 0.667 bits per heavy atom. The van der Waals surface area contributed by atoms with Gasteiger partial charge in [-0.3, -0.25) is 0 Å². The van der Waals surface area contributed by atoms with E-state index in [2.05, 4.69) is 71.0 Å². The largest absolute Gasteiger partial charge is 0.480 e. The standard InChI is InChI=1S/C19H17OP/c1-14-12-13-17(20-21)19(16-10-6-3-7-11-16)18(14)15-8-4-2-5-9-15/h2-13H,21H2,1H3. The molecule has 104 valence electrons. The molecule has 0 heterocycles. The predicted octanol–water partition coefficient (Wildman–Crippen LogP) is 5.50. The summed E-state index contributed by atoms with van der Waals surface area (Å²) >= 11 is 0. The number of hydrogen-bond acceptors (Lipinski definition) is 1. The van der Waals surface area contributed by atoms with Gasteiger partial charge in [-0.15, -0.1) is 0 Å². The summed E-state index contributed by atoms with van der Waals surface area (Å²) in [6, 6.07) is 25.0. The first-order chi connectivity index (χ1) is 10.3. The molecule has 3 rings (SSSR count). The van der Waals surface area contributed by atoms with Gasteiger partial charge >= 0.3 is 0 Å². The summed E-state index contributed by atoms with van der Waals surface area (Å²) in [4.78, 5) is 0. The second kappa shape index (κ2) is 6.11. The zero-order valence-electron chi connectivity index (χ0n) is 11.9. The van der Waals surface area contributed by atoms with Gasteiger partial charge in [0.15, 0.2) is 0 Å². The van der Waals surface area contributed by atoms with Crippen molar-refractivity contribution in [2.24, 2.45) is 0 Å². The highest BCUT2D eigenvalue weighted by atomic mass is 31.0. The Morgan fingerprint density at radius 2 is 1.19 bits per heavy atom. The number of benzene rings is 3. The zero-order chi connectivity index (χ0) is 14.7. The Morgan fingerprint density at radius 3 is 1.71 bits per heavy atom. The van der Waals surface area contributed by atoms with Crippen molar-refractivity contribution < 1.29 is 4.52 Å². The van der Waals surface area contributed by atoms with Crippen molar-refractivity contribution in [3.63, 3.8) is 0 Å². The summed E-state index contributed by atoms with van der Waals surface area (Å²) < 4.78 is 5.53. The van der Waals surface area contributed by atoms with Gasteiger partial charge < -0.3 is 4.52 Å². The molecule has 0 saturated carbocycles. The molecule has 3 aromatic carbocycles. The quantitative estimate of drug-likeness (QED) is 0.579. The van der Waals surface area contributed by atoms with Crippen LogP contribution in [0.5, 0.6) is 5.75 Å². The summed E-state index contributed by atoms with van der Waals surface area (Å²) in [6.07, 6.45) is 0. The minimum absolute atomic E-state index is 0.871. The fourth-order valence-corrected chi connectivity index (χ4v) is 2.85. The van der Waals surface area contributed by atoms with Crippen LogP contribution < -0.4 is 4.52 Å². The first-order valence-electron chi connectivity index (χ1n) is 6.92. The molecule has 0 radical (unpaired) electrons. The number of aryl methyl sites for hydroxylation is 1. The molecule has 0 aliphatic rings. The predicted molar refractivity (Wildman–Crippen MR) is 92.4 cm³/mol. The summed E-state index contributed by atoms with van der Waals surface area (Å²) in [6.45, 7) is 2.14. The van der Waals surface area contributed by atoms with Gasteiger partial charge in [0.25, 0.3) is 0 Å². The van der Waals surface area contributed by atoms with E-state index >= 15 is 0 Å². The smallest absolute Gasteiger partial charge is 0.130 e. The molecule has 0 aliphatic carbocycles. The second-order valence-corrected chi connectivity index (χ2v) is 5.22. The van der Waals surface area contributed by atoms with E-state index < -0.39 is 0 Å². The van der Waals surface area contributed by atoms with E-state index in [0.29, 0.717) is 0 Å². The monoisotopic (exact) mass is 292 g/mol. The lowest BCUT2D eigenvalue weighted by molar-refractivity contribution is 0.648. The molecule has 2 heteroatoms. The third-order valence-corrected chi connectivity index (χ3v) is 3.88. The summed E-state index contributed by atoms with van der Waals surface area (Å²) in [5.41, 5.74) is 5.97. The lowest BCUT2D eigenvalue weighted by atomic mass is 9.90. The van der Waals surface area contributed by atoms with Crippen LogP contribution >= 0.6 is 9.47 Å². The van der Waals surface area contributed by atoms with Crippen LogP contribution in [0.3, 0.4) is 0 Å². The molecule has 0 aliphatic heterocycles. The molecule has 0 spiro atoms. The Kier molecular flexibility index (Phi) is 4.03. The third kappa shape index (κ3) is 2.70. The lowest BCUT2D eigenvalue weighted by Crippen LogP contribution is -1.92. The van der Waals surface area contributed by atoms with Crippen LogP contribution in [0.4, 0.5) is 0 Å². The minimum Gasteiger partial charge on any atom is -0.480 e. The van der Waals surface area contributed by atoms with Gasteiger partial charge in [0.05, 0.1) is 9.47 Å². The fraction of sp³-hybridized carbons (Fsp3) is 0.0526. The van der Waals surface area contributed by atoms with E-state index in [4.69, 9.17) is 4.52 Å². The molecular weight excluding hydrogens is 275 g/mol. The summed E-state index contributed by atoms with van der Waals surface area (Å²) in [5.74, 6) is 0.871. The highest BCUT2D eigenvalue weighted by molar-refractivity contribution is 7.10. The first-order valence-corrected chi connectivity index (χ1v) is 7.39. The molecule has 21 heavy (non-hydrogen) atoms. The van der Waals surface area contributed by atoms with Gasteiger partial charge in [0, 0.05) is 5.56 Å². The van der Waals surface area contributed by atoms with Crippen LogP contribution in [0.25, 0.3) is 22.3 Å². The van der Waals surface area contributed by atoms with Gasteiger partial charge in [0.1, 0.15) is 5.75 Å². The number of rotatable bonds is 3. The normalized spacial score (nSPS) is 10.4. The summed E-state index contributed by atoms with van der Waals surface area (Å²) in [7, 11) is 2.35. The van der Waals surface area contributed by atoms with Crippen molar-refractivity contribution in [1.82, 2.24) is 0 Å². The van der Waals surface area contributed by atoms with Crippen LogP contribution in [0.1, 0.15) is 5.56 Å². The van der Waals surface area contributed by atoms with E-state index in [-0.39, 0.29) is 0 Å². The van der Waals surface area contributed by atoms with E-state index in [1.165, 1.54) is 16.7 Å². The highest BCUT2D eigenvalue weighted by Gasteiger charge is 2.15. The molecule has 1 atom stereocenters. The first kappa shape index (κ1) is 13.9. The second-order valence-electron chi connectivity index (χ2n) is 4.98. The third-order valence-electron chi connectivity index (χ3n) is 3.63. The van der Waals surface area contributed by atoms with Crippen LogP contribution in [0, 0.1) is 6.92 Å². The molecule has 0 N–H and O–H groups in total. The van der Waals surface area contributed by atoms with Gasteiger partial charge in [-0.1, -0.05) is 66.7 Å². The molecule has 0 fully saturated rings. The summed E-state index contributed by atoms with van der Waals surface area (Å²) in [5, 5.41) is 0. The van der Waals surface area contributed by atoms with E-state index in [9.17, 15) is 0 Å². The van der Waals surface area contributed by atoms with Crippen LogP contribution in [0.2, 0.25) is 0 Å². The maximum atomic E-state index is 5.53. The van der Waals surface area contributed by atoms with Gasteiger partial charge in [-0.2, -0.15) is 0 Å². The molecule has 1 nitrogen and oxygen atoms in total. The Bertz CT molecular complexity index is 736. The van der Waals surface area contributed by atoms with Gasteiger partial charge in [-0.05, 0) is 35.2 Å². The van der Waals surface area contributed by atoms with Crippen LogP contribution in [0.15, 0.2) is 72.8 Å². The maximum Gasteiger partial charge on any atom is 0.130 e. The molecule has 0 aromatic heterocycles. The van der Waals surface area contributed by atoms with Crippen molar-refractivity contribution >= 4 is 9.47 Å². The highest BCUT2D eigenvalue weighted by Crippen LogP contribution is 2.41. The van der Waals surface area contributed by atoms with E-state index in [1.807, 2.05) is 18.2 Å². The van der Waals surface area contributed by atoms with Gasteiger partial charge in [0.2, 0.25) is 0 Å². The van der Waals surface area contributed by atoms with Crippen LogP contribution in [-0.2, 0) is 0 Å². The lowest BCUT2D eigenvalue weighted by Gasteiger charge is -2.17. The van der Waals surface area contributed by atoms with Crippen molar-refractivity contribution in [1.29, 1.82) is 0 Å². The molecule has 1 unspecified atom stereocenters. The maximum absolute atomic E-state index is 5.53. The average molecular weight is 292 g/mol. The average Bonchev–Trinajstić information content (AvgIpc) is 2.56.